The third kappa shape index (κ3) is 4.01. The smallest absolute Gasteiger partial charge is 0.383 e. The molecule has 0 unspecified atom stereocenters. The van der Waals surface area contributed by atoms with Crippen LogP contribution in [0, 0.1) is 18.8 Å². The van der Waals surface area contributed by atoms with Gasteiger partial charge in [0.1, 0.15) is 5.82 Å². The van der Waals surface area contributed by atoms with Crippen molar-refractivity contribution >= 4 is 22.6 Å². The lowest BCUT2D eigenvalue weighted by Crippen LogP contribution is -2.34. The Morgan fingerprint density at radius 2 is 1.97 bits per heavy atom. The molecule has 2 fully saturated rings. The lowest BCUT2D eigenvalue weighted by Gasteiger charge is -2.23. The van der Waals surface area contributed by atoms with Gasteiger partial charge in [0.2, 0.25) is 0 Å². The third-order valence-corrected chi connectivity index (χ3v) is 6.47. The van der Waals surface area contributed by atoms with Crippen LogP contribution in [0.3, 0.4) is 0 Å². The molecule has 2 heterocycles. The first-order chi connectivity index (χ1) is 15.2. The molecule has 5 nitrogen and oxygen atoms in total. The fourth-order valence-corrected chi connectivity index (χ4v) is 4.39. The zero-order valence-electron chi connectivity index (χ0n) is 17.6. The number of rotatable bonds is 5. The van der Waals surface area contributed by atoms with Crippen LogP contribution in [0.15, 0.2) is 42.6 Å². The highest BCUT2D eigenvalue weighted by molar-refractivity contribution is 5.98. The first-order valence-corrected chi connectivity index (χ1v) is 10.7. The second kappa shape index (κ2) is 7.46. The molecule has 5 rings (SSSR count). The second-order valence-corrected chi connectivity index (χ2v) is 8.87. The van der Waals surface area contributed by atoms with E-state index in [9.17, 15) is 18.0 Å². The number of hydrogen-bond acceptors (Lipinski definition) is 4. The Kier molecular flexibility index (Phi) is 4.83. The zero-order valence-corrected chi connectivity index (χ0v) is 17.6. The lowest BCUT2D eigenvalue weighted by atomic mass is 10.1. The van der Waals surface area contributed by atoms with Gasteiger partial charge in [0.25, 0.3) is 5.91 Å². The largest absolute Gasteiger partial charge is 0.417 e. The number of nitrogens with zero attached hydrogens (tertiary/aromatic N) is 3. The van der Waals surface area contributed by atoms with E-state index in [4.69, 9.17) is 5.73 Å². The van der Waals surface area contributed by atoms with E-state index in [2.05, 4.69) is 9.97 Å². The number of halogens is 3. The molecule has 1 aromatic carbocycles. The molecule has 166 valence electrons. The predicted octanol–water partition coefficient (Wildman–Crippen LogP) is 4.98. The molecule has 8 heteroatoms. The molecular weight excluding hydrogens is 417 g/mol. The van der Waals surface area contributed by atoms with Gasteiger partial charge in [-0.1, -0.05) is 0 Å². The summed E-state index contributed by atoms with van der Waals surface area (Å²) in [6.45, 7) is 2.05. The number of nitrogen functional groups attached to an aromatic ring is 1. The Morgan fingerprint density at radius 3 is 2.62 bits per heavy atom. The van der Waals surface area contributed by atoms with Gasteiger partial charge in [-0.15, -0.1) is 0 Å². The zero-order chi connectivity index (χ0) is 22.6. The Hall–Kier alpha value is -3.16. The van der Waals surface area contributed by atoms with Crippen molar-refractivity contribution in [3.8, 4) is 0 Å². The molecule has 2 saturated carbocycles. The number of fused-ring (bicyclic) bond motifs is 1. The van der Waals surface area contributed by atoms with Gasteiger partial charge in [0.05, 0.1) is 23.3 Å². The number of aryl methyl sites for hydroxylation is 1. The minimum absolute atomic E-state index is 0.0982. The number of benzene rings is 1. The SMILES string of the molecule is Cc1cc2cc(C(=O)N(Cc3ccc(C(F)(F)F)cn3)[C@H]3C[C@H]3C3CC3)ccc2nc1N. The molecule has 2 atom stereocenters. The van der Waals surface area contributed by atoms with Crippen molar-refractivity contribution in [2.45, 2.75) is 44.9 Å². The molecular formula is C24H23F3N4O. The molecule has 0 spiro atoms. The van der Waals surface area contributed by atoms with E-state index in [1.807, 2.05) is 13.0 Å². The molecule has 2 N–H and O–H groups in total. The molecule has 32 heavy (non-hydrogen) atoms. The number of aromatic nitrogens is 2. The second-order valence-electron chi connectivity index (χ2n) is 8.87. The summed E-state index contributed by atoms with van der Waals surface area (Å²) in [5, 5.41) is 0.824. The molecule has 2 aliphatic rings. The number of carbonyl (C=O) groups excluding carboxylic acids is 1. The van der Waals surface area contributed by atoms with Crippen LogP contribution < -0.4 is 5.73 Å². The van der Waals surface area contributed by atoms with Crippen molar-refractivity contribution in [3.05, 3.63) is 65.0 Å². The highest BCUT2D eigenvalue weighted by Gasteiger charge is 2.51. The van der Waals surface area contributed by atoms with Crippen molar-refractivity contribution in [1.82, 2.24) is 14.9 Å². The first-order valence-electron chi connectivity index (χ1n) is 10.7. The maximum Gasteiger partial charge on any atom is 0.417 e. The summed E-state index contributed by atoms with van der Waals surface area (Å²) < 4.78 is 38.6. The van der Waals surface area contributed by atoms with E-state index in [1.54, 1.807) is 23.1 Å². The van der Waals surface area contributed by atoms with E-state index in [-0.39, 0.29) is 18.5 Å². The van der Waals surface area contributed by atoms with Crippen LogP contribution >= 0.6 is 0 Å². The number of nitrogens with two attached hydrogens (primary N) is 1. The van der Waals surface area contributed by atoms with Crippen molar-refractivity contribution in [2.24, 2.45) is 11.8 Å². The van der Waals surface area contributed by atoms with Gasteiger partial charge in [-0.05, 0) is 80.0 Å². The summed E-state index contributed by atoms with van der Waals surface area (Å²) in [4.78, 5) is 23.6. The van der Waals surface area contributed by atoms with Gasteiger partial charge in [-0.25, -0.2) is 4.98 Å². The van der Waals surface area contributed by atoms with E-state index < -0.39 is 11.7 Å². The summed E-state index contributed by atoms with van der Waals surface area (Å²) in [5.74, 6) is 1.44. The maximum atomic E-state index is 13.5. The van der Waals surface area contributed by atoms with Crippen LogP contribution in [0.2, 0.25) is 0 Å². The molecule has 0 radical (unpaired) electrons. The summed E-state index contributed by atoms with van der Waals surface area (Å²) >= 11 is 0. The maximum absolute atomic E-state index is 13.5. The molecule has 2 aliphatic carbocycles. The van der Waals surface area contributed by atoms with Gasteiger partial charge in [0.15, 0.2) is 0 Å². The van der Waals surface area contributed by atoms with Gasteiger partial charge in [-0.3, -0.25) is 9.78 Å². The number of hydrogen-bond donors (Lipinski definition) is 1. The van der Waals surface area contributed by atoms with Gasteiger partial charge < -0.3 is 10.6 Å². The molecule has 1 amide bonds. The van der Waals surface area contributed by atoms with Gasteiger partial charge in [0, 0.05) is 23.2 Å². The lowest BCUT2D eigenvalue weighted by molar-refractivity contribution is -0.137. The van der Waals surface area contributed by atoms with Crippen LogP contribution in [-0.4, -0.2) is 26.8 Å². The van der Waals surface area contributed by atoms with Gasteiger partial charge in [-0.2, -0.15) is 13.2 Å². The highest BCUT2D eigenvalue weighted by Crippen LogP contribution is 2.52. The Balaban J connectivity index is 1.43. The predicted molar refractivity (Wildman–Crippen MR) is 115 cm³/mol. The molecule has 2 aromatic heterocycles. The fraction of sp³-hybridized carbons (Fsp3) is 0.375. The third-order valence-electron chi connectivity index (χ3n) is 6.47. The number of amides is 1. The number of pyridine rings is 2. The Morgan fingerprint density at radius 1 is 1.19 bits per heavy atom. The highest BCUT2D eigenvalue weighted by atomic mass is 19.4. The van der Waals surface area contributed by atoms with Crippen LogP contribution in [0.25, 0.3) is 10.9 Å². The molecule has 0 saturated heterocycles. The van der Waals surface area contributed by atoms with Crippen molar-refractivity contribution in [3.63, 3.8) is 0 Å². The topological polar surface area (TPSA) is 72.1 Å². The van der Waals surface area contributed by atoms with E-state index >= 15 is 0 Å². The van der Waals surface area contributed by atoms with E-state index in [0.717, 1.165) is 29.6 Å². The quantitative estimate of drug-likeness (QED) is 0.607. The molecule has 3 aromatic rings. The van der Waals surface area contributed by atoms with E-state index in [0.29, 0.717) is 34.4 Å². The Bertz CT molecular complexity index is 1190. The monoisotopic (exact) mass is 440 g/mol. The molecule has 0 aliphatic heterocycles. The summed E-state index contributed by atoms with van der Waals surface area (Å²) in [6, 6.07) is 9.69. The fourth-order valence-electron chi connectivity index (χ4n) is 4.39. The number of carbonyl (C=O) groups is 1. The Labute approximate surface area is 183 Å². The standard InChI is InChI=1S/C24H23F3N4O/c1-13-8-16-9-15(4-7-20(16)30-22(13)28)23(32)31(21-10-19(21)14-2-3-14)12-18-6-5-17(11-29-18)24(25,26)27/h4-9,11,14,19,21H,2-3,10,12H2,1H3,(H2,28,30)/t19-,21-/m0/s1. The number of alkyl halides is 3. The van der Waals surface area contributed by atoms with Crippen LogP contribution in [-0.2, 0) is 12.7 Å². The van der Waals surface area contributed by atoms with Crippen molar-refractivity contribution in [2.75, 3.05) is 5.73 Å². The molecule has 0 bridgehead atoms. The minimum Gasteiger partial charge on any atom is -0.383 e. The summed E-state index contributed by atoms with van der Waals surface area (Å²) in [6.07, 6.45) is -0.302. The average molecular weight is 440 g/mol. The average Bonchev–Trinajstić information content (AvgIpc) is 3.65. The number of anilines is 1. The summed E-state index contributed by atoms with van der Waals surface area (Å²) in [5.41, 5.74) is 7.61. The summed E-state index contributed by atoms with van der Waals surface area (Å²) in [7, 11) is 0. The van der Waals surface area contributed by atoms with Crippen LogP contribution in [0.5, 0.6) is 0 Å². The van der Waals surface area contributed by atoms with Crippen molar-refractivity contribution in [1.29, 1.82) is 0 Å². The normalized spacial score (nSPS) is 20.4. The van der Waals surface area contributed by atoms with Crippen LogP contribution in [0.1, 0.15) is 46.4 Å². The van der Waals surface area contributed by atoms with E-state index in [1.165, 1.54) is 18.9 Å². The minimum atomic E-state index is -4.44. The first kappa shape index (κ1) is 20.7. The van der Waals surface area contributed by atoms with Crippen molar-refractivity contribution < 1.29 is 18.0 Å². The van der Waals surface area contributed by atoms with Gasteiger partial charge >= 0.3 is 6.18 Å². The van der Waals surface area contributed by atoms with Crippen LogP contribution in [0.4, 0.5) is 19.0 Å².